The number of carbonyl (C=O) groups excluding carboxylic acids is 1. The first-order valence-electron chi connectivity index (χ1n) is 3.21. The largest absolute Gasteiger partial charge is 0.339 e. The molecule has 0 radical (unpaired) electrons. The molecule has 0 aromatic heterocycles. The second-order valence-electron chi connectivity index (χ2n) is 2.23. The summed E-state index contributed by atoms with van der Waals surface area (Å²) < 4.78 is 0. The van der Waals surface area contributed by atoms with Crippen LogP contribution in [0.5, 0.6) is 0 Å². The monoisotopic (exact) mass is 125 g/mol. The Hall–Kier alpha value is -0.790. The minimum absolute atomic E-state index is 0.180. The van der Waals surface area contributed by atoms with E-state index in [1.165, 1.54) is 0 Å². The maximum atomic E-state index is 10.7. The van der Waals surface area contributed by atoms with E-state index in [-0.39, 0.29) is 5.91 Å². The van der Waals surface area contributed by atoms with E-state index in [1.807, 2.05) is 11.0 Å². The van der Waals surface area contributed by atoms with E-state index in [2.05, 4.69) is 6.08 Å². The Morgan fingerprint density at radius 2 is 2.33 bits per heavy atom. The average Bonchev–Trinajstić information content (AvgIpc) is 1.90. The quantitative estimate of drug-likeness (QED) is 0.438. The molecular formula is C7H11NO. The van der Waals surface area contributed by atoms with Gasteiger partial charge >= 0.3 is 0 Å². The van der Waals surface area contributed by atoms with Crippen LogP contribution in [0.4, 0.5) is 0 Å². The second kappa shape index (κ2) is 2.67. The Labute approximate surface area is 55.2 Å². The molecule has 2 heteroatoms. The molecular weight excluding hydrogens is 114 g/mol. The van der Waals surface area contributed by atoms with Crippen molar-refractivity contribution in [2.75, 3.05) is 13.1 Å². The standard InChI is InChI=1S/C7H11NO/c1-7(9)8-5-3-2-4-6-8/h2-3H,4-6H2,1H3. The van der Waals surface area contributed by atoms with E-state index >= 15 is 0 Å². The third-order valence-electron chi connectivity index (χ3n) is 1.50. The van der Waals surface area contributed by atoms with Crippen LogP contribution in [0.2, 0.25) is 0 Å². The summed E-state index contributed by atoms with van der Waals surface area (Å²) in [6, 6.07) is 0. The second-order valence-corrected chi connectivity index (χ2v) is 2.23. The van der Waals surface area contributed by atoms with Crippen LogP contribution in [0.25, 0.3) is 0 Å². The summed E-state index contributed by atoms with van der Waals surface area (Å²) in [7, 11) is 0. The molecule has 1 aliphatic rings. The molecule has 0 fully saturated rings. The molecule has 0 saturated carbocycles. The van der Waals surface area contributed by atoms with Gasteiger partial charge in [-0.25, -0.2) is 0 Å². The molecule has 1 aliphatic heterocycles. The first-order chi connectivity index (χ1) is 4.30. The van der Waals surface area contributed by atoms with Crippen LogP contribution in [-0.2, 0) is 4.79 Å². The zero-order chi connectivity index (χ0) is 6.69. The third-order valence-corrected chi connectivity index (χ3v) is 1.50. The Balaban J connectivity index is 2.44. The summed E-state index contributed by atoms with van der Waals surface area (Å²) in [5.74, 6) is 0.180. The van der Waals surface area contributed by atoms with Crippen molar-refractivity contribution in [1.29, 1.82) is 0 Å². The summed E-state index contributed by atoms with van der Waals surface area (Å²) in [5, 5.41) is 0. The fourth-order valence-electron chi connectivity index (χ4n) is 0.927. The van der Waals surface area contributed by atoms with Gasteiger partial charge in [0, 0.05) is 20.0 Å². The van der Waals surface area contributed by atoms with Gasteiger partial charge in [-0.15, -0.1) is 0 Å². The molecule has 0 atom stereocenters. The number of nitrogens with zero attached hydrogens (tertiary/aromatic N) is 1. The molecule has 0 spiro atoms. The lowest BCUT2D eigenvalue weighted by molar-refractivity contribution is -0.128. The third kappa shape index (κ3) is 1.56. The van der Waals surface area contributed by atoms with E-state index < -0.39 is 0 Å². The summed E-state index contributed by atoms with van der Waals surface area (Å²) in [6.07, 6.45) is 5.16. The van der Waals surface area contributed by atoms with Crippen molar-refractivity contribution < 1.29 is 4.79 Å². The smallest absolute Gasteiger partial charge is 0.219 e. The van der Waals surface area contributed by atoms with Gasteiger partial charge in [0.25, 0.3) is 0 Å². The van der Waals surface area contributed by atoms with Gasteiger partial charge in [0.2, 0.25) is 5.91 Å². The summed E-state index contributed by atoms with van der Waals surface area (Å²) in [6.45, 7) is 3.31. The van der Waals surface area contributed by atoms with Crippen LogP contribution in [0.1, 0.15) is 13.3 Å². The molecule has 0 saturated heterocycles. The lowest BCUT2D eigenvalue weighted by Gasteiger charge is -2.20. The predicted octanol–water partition coefficient (Wildman–Crippen LogP) is 0.795. The molecule has 0 aromatic rings. The van der Waals surface area contributed by atoms with Gasteiger partial charge in [-0.2, -0.15) is 0 Å². The Bertz CT molecular complexity index is 140. The average molecular weight is 125 g/mol. The van der Waals surface area contributed by atoms with Crippen molar-refractivity contribution in [2.45, 2.75) is 13.3 Å². The fourth-order valence-corrected chi connectivity index (χ4v) is 0.927. The Kier molecular flexibility index (Phi) is 1.88. The molecule has 0 unspecified atom stereocenters. The fraction of sp³-hybridized carbons (Fsp3) is 0.571. The highest BCUT2D eigenvalue weighted by molar-refractivity contribution is 5.73. The van der Waals surface area contributed by atoms with Gasteiger partial charge < -0.3 is 4.90 Å². The first kappa shape index (κ1) is 6.33. The van der Waals surface area contributed by atoms with Crippen LogP contribution in [0, 0.1) is 0 Å². The van der Waals surface area contributed by atoms with Crippen LogP contribution < -0.4 is 0 Å². The van der Waals surface area contributed by atoms with E-state index in [9.17, 15) is 4.79 Å². The van der Waals surface area contributed by atoms with Gasteiger partial charge in [-0.3, -0.25) is 4.79 Å². The Morgan fingerprint density at radius 3 is 2.67 bits per heavy atom. The molecule has 2 nitrogen and oxygen atoms in total. The highest BCUT2D eigenvalue weighted by atomic mass is 16.2. The lowest BCUT2D eigenvalue weighted by atomic mass is 10.2. The topological polar surface area (TPSA) is 20.3 Å². The van der Waals surface area contributed by atoms with Crippen LogP contribution in [0.15, 0.2) is 12.2 Å². The lowest BCUT2D eigenvalue weighted by Crippen LogP contribution is -2.31. The maximum Gasteiger partial charge on any atom is 0.219 e. The van der Waals surface area contributed by atoms with Crippen LogP contribution in [0.3, 0.4) is 0 Å². The van der Waals surface area contributed by atoms with E-state index in [0.29, 0.717) is 0 Å². The molecule has 0 N–H and O–H groups in total. The summed E-state index contributed by atoms with van der Waals surface area (Å²) in [5.41, 5.74) is 0. The highest BCUT2D eigenvalue weighted by Crippen LogP contribution is 1.99. The highest BCUT2D eigenvalue weighted by Gasteiger charge is 2.06. The van der Waals surface area contributed by atoms with Crippen molar-refractivity contribution in [3.63, 3.8) is 0 Å². The number of amides is 1. The zero-order valence-corrected chi connectivity index (χ0v) is 5.63. The number of carbonyl (C=O) groups is 1. The summed E-state index contributed by atoms with van der Waals surface area (Å²) in [4.78, 5) is 12.5. The normalized spacial score (nSPS) is 18.1. The molecule has 0 bridgehead atoms. The predicted molar refractivity (Wildman–Crippen MR) is 36.0 cm³/mol. The molecule has 9 heavy (non-hydrogen) atoms. The van der Waals surface area contributed by atoms with Gasteiger partial charge in [0.15, 0.2) is 0 Å². The first-order valence-corrected chi connectivity index (χ1v) is 3.21. The zero-order valence-electron chi connectivity index (χ0n) is 5.63. The molecule has 1 rings (SSSR count). The minimum atomic E-state index is 0.180. The number of hydrogen-bond donors (Lipinski definition) is 0. The number of rotatable bonds is 0. The van der Waals surface area contributed by atoms with Gasteiger partial charge in [0.1, 0.15) is 0 Å². The maximum absolute atomic E-state index is 10.7. The van der Waals surface area contributed by atoms with Crippen LogP contribution in [-0.4, -0.2) is 23.9 Å². The minimum Gasteiger partial charge on any atom is -0.339 e. The van der Waals surface area contributed by atoms with Crippen molar-refractivity contribution >= 4 is 5.91 Å². The van der Waals surface area contributed by atoms with Crippen molar-refractivity contribution in [3.05, 3.63) is 12.2 Å². The number of hydrogen-bond acceptors (Lipinski definition) is 1. The molecule has 0 aliphatic carbocycles. The van der Waals surface area contributed by atoms with Crippen molar-refractivity contribution in [3.8, 4) is 0 Å². The van der Waals surface area contributed by atoms with E-state index in [0.717, 1.165) is 19.5 Å². The van der Waals surface area contributed by atoms with Gasteiger partial charge in [0.05, 0.1) is 0 Å². The molecule has 1 amide bonds. The van der Waals surface area contributed by atoms with E-state index in [4.69, 9.17) is 0 Å². The van der Waals surface area contributed by atoms with Crippen molar-refractivity contribution in [2.24, 2.45) is 0 Å². The molecule has 1 heterocycles. The Morgan fingerprint density at radius 1 is 1.56 bits per heavy atom. The van der Waals surface area contributed by atoms with Crippen molar-refractivity contribution in [1.82, 2.24) is 4.90 Å². The van der Waals surface area contributed by atoms with Gasteiger partial charge in [-0.05, 0) is 6.42 Å². The van der Waals surface area contributed by atoms with E-state index in [1.54, 1.807) is 6.92 Å². The SMILES string of the molecule is CC(=O)N1CC=CCC1. The summed E-state index contributed by atoms with van der Waals surface area (Å²) >= 11 is 0. The van der Waals surface area contributed by atoms with Crippen LogP contribution >= 0.6 is 0 Å². The molecule has 50 valence electrons. The van der Waals surface area contributed by atoms with Gasteiger partial charge in [-0.1, -0.05) is 12.2 Å². The molecule has 0 aromatic carbocycles.